The number of amides is 1. The van der Waals surface area contributed by atoms with Crippen LogP contribution in [0.4, 0.5) is 5.69 Å². The normalized spacial score (nSPS) is 14.0. The van der Waals surface area contributed by atoms with Crippen molar-refractivity contribution in [3.8, 4) is 0 Å². The Morgan fingerprint density at radius 1 is 1.32 bits per heavy atom. The quantitative estimate of drug-likeness (QED) is 0.872. The summed E-state index contributed by atoms with van der Waals surface area (Å²) in [5.41, 5.74) is 1.47. The van der Waals surface area contributed by atoms with Gasteiger partial charge in [-0.2, -0.15) is 0 Å². The second-order valence-electron chi connectivity index (χ2n) is 5.00. The molecule has 1 fully saturated rings. The van der Waals surface area contributed by atoms with Crippen LogP contribution in [0.5, 0.6) is 0 Å². The number of benzene rings is 1. The second kappa shape index (κ2) is 5.30. The van der Waals surface area contributed by atoms with Gasteiger partial charge in [-0.15, -0.1) is 0 Å². The number of carboxylic acid groups (broad SMARTS) is 1. The Morgan fingerprint density at radius 3 is 2.53 bits per heavy atom. The molecule has 5 heteroatoms. The fourth-order valence-corrected chi connectivity index (χ4v) is 1.98. The van der Waals surface area contributed by atoms with E-state index in [-0.39, 0.29) is 18.5 Å². The second-order valence-corrected chi connectivity index (χ2v) is 5.00. The van der Waals surface area contributed by atoms with Gasteiger partial charge in [0.1, 0.15) is 6.54 Å². The van der Waals surface area contributed by atoms with E-state index in [4.69, 9.17) is 5.11 Å². The molecule has 2 rings (SSSR count). The van der Waals surface area contributed by atoms with Gasteiger partial charge >= 0.3 is 5.97 Å². The molecule has 0 saturated heterocycles. The summed E-state index contributed by atoms with van der Waals surface area (Å²) in [5, 5.41) is 8.90. The first-order valence-electron chi connectivity index (χ1n) is 6.29. The Balaban J connectivity index is 2.21. The first-order chi connectivity index (χ1) is 8.99. The van der Waals surface area contributed by atoms with Crippen LogP contribution in [0.3, 0.4) is 0 Å². The number of carboxylic acids is 1. The van der Waals surface area contributed by atoms with Crippen molar-refractivity contribution in [2.24, 2.45) is 0 Å². The predicted octanol–water partition coefficient (Wildman–Crippen LogP) is 1.44. The molecule has 1 N–H and O–H groups in total. The van der Waals surface area contributed by atoms with Gasteiger partial charge in [0.15, 0.2) is 0 Å². The molecule has 102 valence electrons. The zero-order valence-electron chi connectivity index (χ0n) is 11.2. The Bertz CT molecular complexity index is 495. The summed E-state index contributed by atoms with van der Waals surface area (Å²) in [4.78, 5) is 26.6. The van der Waals surface area contributed by atoms with Gasteiger partial charge in [-0.25, -0.2) is 0 Å². The SMILES string of the molecule is CN(C)c1cccc(C(=O)N(CC(=O)O)C2CC2)c1. The summed E-state index contributed by atoms with van der Waals surface area (Å²) in [6, 6.07) is 7.34. The Hall–Kier alpha value is -2.04. The molecular weight excluding hydrogens is 244 g/mol. The Kier molecular flexibility index (Phi) is 3.74. The minimum atomic E-state index is -0.969. The maximum Gasteiger partial charge on any atom is 0.323 e. The van der Waals surface area contributed by atoms with E-state index in [0.717, 1.165) is 18.5 Å². The van der Waals surface area contributed by atoms with Gasteiger partial charge in [-0.1, -0.05) is 6.07 Å². The maximum atomic E-state index is 12.4. The molecule has 0 aliphatic heterocycles. The summed E-state index contributed by atoms with van der Waals surface area (Å²) in [5.74, 6) is -1.17. The van der Waals surface area contributed by atoms with E-state index >= 15 is 0 Å². The maximum absolute atomic E-state index is 12.4. The van der Waals surface area contributed by atoms with Crippen molar-refractivity contribution < 1.29 is 14.7 Å². The zero-order chi connectivity index (χ0) is 14.0. The topological polar surface area (TPSA) is 60.9 Å². The predicted molar refractivity (Wildman–Crippen MR) is 72.5 cm³/mol. The molecule has 5 nitrogen and oxygen atoms in total. The highest BCUT2D eigenvalue weighted by molar-refractivity contribution is 5.97. The van der Waals surface area contributed by atoms with Gasteiger partial charge in [-0.3, -0.25) is 9.59 Å². The number of rotatable bonds is 5. The molecule has 1 aliphatic carbocycles. The third-order valence-corrected chi connectivity index (χ3v) is 3.16. The van der Waals surface area contributed by atoms with Crippen LogP contribution in [0.25, 0.3) is 0 Å². The van der Waals surface area contributed by atoms with Gasteiger partial charge in [0.2, 0.25) is 0 Å². The fraction of sp³-hybridized carbons (Fsp3) is 0.429. The standard InChI is InChI=1S/C14H18N2O3/c1-15(2)12-5-3-4-10(8-12)14(19)16(9-13(17)18)11-6-7-11/h3-5,8,11H,6-7,9H2,1-2H3,(H,17,18). The van der Waals surface area contributed by atoms with Crippen molar-refractivity contribution in [2.45, 2.75) is 18.9 Å². The Labute approximate surface area is 112 Å². The molecule has 0 radical (unpaired) electrons. The number of aliphatic carboxylic acids is 1. The van der Waals surface area contributed by atoms with Crippen LogP contribution in [0, 0.1) is 0 Å². The van der Waals surface area contributed by atoms with Crippen LogP contribution in [0.1, 0.15) is 23.2 Å². The molecule has 0 spiro atoms. The van der Waals surface area contributed by atoms with Crippen molar-refractivity contribution in [3.63, 3.8) is 0 Å². The summed E-state index contributed by atoms with van der Waals surface area (Å²) in [7, 11) is 3.80. The fourth-order valence-electron chi connectivity index (χ4n) is 1.98. The van der Waals surface area contributed by atoms with Crippen LogP contribution >= 0.6 is 0 Å². The molecule has 0 unspecified atom stereocenters. The summed E-state index contributed by atoms with van der Waals surface area (Å²) >= 11 is 0. The van der Waals surface area contributed by atoms with Gasteiger partial charge in [0, 0.05) is 31.4 Å². The molecule has 1 aromatic carbocycles. The number of anilines is 1. The van der Waals surface area contributed by atoms with Gasteiger partial charge < -0.3 is 14.9 Å². The van der Waals surface area contributed by atoms with E-state index in [2.05, 4.69) is 0 Å². The van der Waals surface area contributed by atoms with Gasteiger partial charge in [-0.05, 0) is 31.0 Å². The third kappa shape index (κ3) is 3.24. The molecule has 0 heterocycles. The third-order valence-electron chi connectivity index (χ3n) is 3.16. The lowest BCUT2D eigenvalue weighted by atomic mass is 10.1. The molecule has 1 amide bonds. The molecule has 0 aromatic heterocycles. The monoisotopic (exact) mass is 262 g/mol. The number of nitrogens with zero attached hydrogens (tertiary/aromatic N) is 2. The van der Waals surface area contributed by atoms with Crippen LogP contribution in [0.2, 0.25) is 0 Å². The van der Waals surface area contributed by atoms with E-state index in [9.17, 15) is 9.59 Å². The zero-order valence-corrected chi connectivity index (χ0v) is 11.2. The number of carbonyl (C=O) groups is 2. The lowest BCUT2D eigenvalue weighted by Gasteiger charge is -2.21. The molecule has 1 aromatic rings. The Morgan fingerprint density at radius 2 is 2.00 bits per heavy atom. The molecule has 1 aliphatic rings. The lowest BCUT2D eigenvalue weighted by Crippen LogP contribution is -2.37. The summed E-state index contributed by atoms with van der Waals surface area (Å²) in [6.45, 7) is -0.226. The van der Waals surface area contributed by atoms with Crippen molar-refractivity contribution >= 4 is 17.6 Å². The smallest absolute Gasteiger partial charge is 0.323 e. The van der Waals surface area contributed by atoms with Crippen molar-refractivity contribution in [3.05, 3.63) is 29.8 Å². The van der Waals surface area contributed by atoms with Crippen LogP contribution in [0.15, 0.2) is 24.3 Å². The molecule has 0 atom stereocenters. The van der Waals surface area contributed by atoms with Crippen LogP contribution in [-0.4, -0.2) is 48.6 Å². The molecule has 1 saturated carbocycles. The minimum Gasteiger partial charge on any atom is -0.480 e. The highest BCUT2D eigenvalue weighted by Gasteiger charge is 2.34. The van der Waals surface area contributed by atoms with Crippen molar-refractivity contribution in [1.29, 1.82) is 0 Å². The highest BCUT2D eigenvalue weighted by Crippen LogP contribution is 2.28. The average molecular weight is 262 g/mol. The van der Waals surface area contributed by atoms with Crippen molar-refractivity contribution in [1.82, 2.24) is 4.90 Å². The molecular formula is C14H18N2O3. The largest absolute Gasteiger partial charge is 0.480 e. The number of hydrogen-bond acceptors (Lipinski definition) is 3. The van der Waals surface area contributed by atoms with Crippen LogP contribution < -0.4 is 4.90 Å². The van der Waals surface area contributed by atoms with Gasteiger partial charge in [0.05, 0.1) is 0 Å². The summed E-state index contributed by atoms with van der Waals surface area (Å²) < 4.78 is 0. The number of hydrogen-bond donors (Lipinski definition) is 1. The highest BCUT2D eigenvalue weighted by atomic mass is 16.4. The van der Waals surface area contributed by atoms with E-state index < -0.39 is 5.97 Å². The van der Waals surface area contributed by atoms with E-state index in [1.165, 1.54) is 4.90 Å². The number of carbonyl (C=O) groups excluding carboxylic acids is 1. The first-order valence-corrected chi connectivity index (χ1v) is 6.29. The van der Waals surface area contributed by atoms with Crippen LogP contribution in [-0.2, 0) is 4.79 Å². The van der Waals surface area contributed by atoms with Crippen molar-refractivity contribution in [2.75, 3.05) is 25.5 Å². The minimum absolute atomic E-state index is 0.0895. The first kappa shape index (κ1) is 13.4. The molecule has 19 heavy (non-hydrogen) atoms. The van der Waals surface area contributed by atoms with E-state index in [1.807, 2.05) is 31.1 Å². The summed E-state index contributed by atoms with van der Waals surface area (Å²) in [6.07, 6.45) is 1.79. The average Bonchev–Trinajstić information content (AvgIpc) is 3.19. The van der Waals surface area contributed by atoms with Gasteiger partial charge in [0.25, 0.3) is 5.91 Å². The molecule has 0 bridgehead atoms. The lowest BCUT2D eigenvalue weighted by molar-refractivity contribution is -0.137. The van der Waals surface area contributed by atoms with E-state index in [0.29, 0.717) is 5.56 Å². The van der Waals surface area contributed by atoms with E-state index in [1.54, 1.807) is 12.1 Å².